The van der Waals surface area contributed by atoms with Gasteiger partial charge in [0.25, 0.3) is 0 Å². The highest BCUT2D eigenvalue weighted by atomic mass is 14.2. The van der Waals surface area contributed by atoms with Crippen LogP contribution in [0.2, 0.25) is 0 Å². The van der Waals surface area contributed by atoms with Crippen molar-refractivity contribution in [2.24, 2.45) is 0 Å². The van der Waals surface area contributed by atoms with E-state index in [4.69, 9.17) is 0 Å². The van der Waals surface area contributed by atoms with E-state index < -0.39 is 0 Å². The Hall–Kier alpha value is -2.08. The lowest BCUT2D eigenvalue weighted by atomic mass is 9.92. The molecule has 0 bridgehead atoms. The quantitative estimate of drug-likeness (QED) is 0.549. The second-order valence-corrected chi connectivity index (χ2v) is 5.91. The minimum atomic E-state index is 1.08. The van der Waals surface area contributed by atoms with E-state index in [0.29, 0.717) is 0 Å². The van der Waals surface area contributed by atoms with Gasteiger partial charge in [-0.05, 0) is 59.6 Å². The molecule has 0 saturated heterocycles. The number of benzene rings is 2. The first kappa shape index (κ1) is 11.7. The smallest absolute Gasteiger partial charge is 0.00132 e. The van der Waals surface area contributed by atoms with Crippen LogP contribution in [0.15, 0.2) is 60.2 Å². The second kappa shape index (κ2) is 4.49. The van der Waals surface area contributed by atoms with Gasteiger partial charge in [-0.3, -0.25) is 0 Å². The van der Waals surface area contributed by atoms with Crippen LogP contribution in [0.5, 0.6) is 0 Å². The highest BCUT2D eigenvalue weighted by molar-refractivity contribution is 5.80. The first-order valence-corrected chi connectivity index (χ1v) is 7.39. The van der Waals surface area contributed by atoms with Gasteiger partial charge in [-0.15, -0.1) is 0 Å². The molecule has 2 aromatic rings. The van der Waals surface area contributed by atoms with E-state index >= 15 is 0 Å². The van der Waals surface area contributed by atoms with Gasteiger partial charge in [-0.1, -0.05) is 60.2 Å². The summed E-state index contributed by atoms with van der Waals surface area (Å²) < 4.78 is 0. The lowest BCUT2D eigenvalue weighted by Crippen LogP contribution is -1.92. The summed E-state index contributed by atoms with van der Waals surface area (Å²) in [6.07, 6.45) is 8.02. The van der Waals surface area contributed by atoms with Crippen molar-refractivity contribution < 1.29 is 0 Å². The molecule has 0 fully saturated rings. The molecule has 4 rings (SSSR count). The molecule has 98 valence electrons. The molecule has 0 atom stereocenters. The van der Waals surface area contributed by atoms with E-state index in [1.807, 2.05) is 0 Å². The SMILES string of the molecule is CC1=CC=C(c2ccc3c(c2)Cc2ccccc2-3)CC1. The molecule has 2 aliphatic rings. The summed E-state index contributed by atoms with van der Waals surface area (Å²) >= 11 is 0. The van der Waals surface area contributed by atoms with Crippen LogP contribution in [0, 0.1) is 0 Å². The Morgan fingerprint density at radius 1 is 0.800 bits per heavy atom. The predicted molar refractivity (Wildman–Crippen MR) is 85.7 cm³/mol. The van der Waals surface area contributed by atoms with E-state index in [1.165, 1.54) is 51.8 Å². The summed E-state index contributed by atoms with van der Waals surface area (Å²) in [7, 11) is 0. The zero-order chi connectivity index (χ0) is 13.5. The molecule has 0 heteroatoms. The largest absolute Gasteiger partial charge is 0.0730 e. The Kier molecular flexibility index (Phi) is 2.63. The van der Waals surface area contributed by atoms with Crippen LogP contribution in [-0.2, 0) is 6.42 Å². The van der Waals surface area contributed by atoms with Gasteiger partial charge >= 0.3 is 0 Å². The molecule has 0 aliphatic heterocycles. The number of fused-ring (bicyclic) bond motifs is 3. The Bertz CT molecular complexity index is 744. The molecule has 2 aliphatic carbocycles. The fourth-order valence-electron chi connectivity index (χ4n) is 3.33. The van der Waals surface area contributed by atoms with Crippen molar-refractivity contribution in [3.8, 4) is 11.1 Å². The Morgan fingerprint density at radius 2 is 1.65 bits per heavy atom. The maximum absolute atomic E-state index is 2.40. The molecule has 0 radical (unpaired) electrons. The average Bonchev–Trinajstić information content (AvgIpc) is 2.85. The summed E-state index contributed by atoms with van der Waals surface area (Å²) in [5.41, 5.74) is 10.2. The van der Waals surface area contributed by atoms with Crippen molar-refractivity contribution in [2.45, 2.75) is 26.2 Å². The van der Waals surface area contributed by atoms with Crippen LogP contribution < -0.4 is 0 Å². The minimum Gasteiger partial charge on any atom is -0.0730 e. The first-order chi connectivity index (χ1) is 9.81. The number of rotatable bonds is 1. The van der Waals surface area contributed by atoms with Gasteiger partial charge in [0.1, 0.15) is 0 Å². The summed E-state index contributed by atoms with van der Waals surface area (Å²) in [4.78, 5) is 0. The van der Waals surface area contributed by atoms with Crippen molar-refractivity contribution in [2.75, 3.05) is 0 Å². The maximum atomic E-state index is 2.40. The molecule has 0 unspecified atom stereocenters. The molecule has 0 spiro atoms. The molecule has 0 heterocycles. The Balaban J connectivity index is 1.76. The molecule has 2 aromatic carbocycles. The van der Waals surface area contributed by atoms with E-state index in [0.717, 1.165) is 6.42 Å². The van der Waals surface area contributed by atoms with Crippen LogP contribution in [0.1, 0.15) is 36.5 Å². The van der Waals surface area contributed by atoms with Crippen molar-refractivity contribution >= 4 is 5.57 Å². The molecule has 0 nitrogen and oxygen atoms in total. The van der Waals surface area contributed by atoms with Gasteiger partial charge < -0.3 is 0 Å². The van der Waals surface area contributed by atoms with E-state index in [-0.39, 0.29) is 0 Å². The van der Waals surface area contributed by atoms with Gasteiger partial charge in [0, 0.05) is 0 Å². The number of hydrogen-bond acceptors (Lipinski definition) is 0. The third-order valence-corrected chi connectivity index (χ3v) is 4.52. The third-order valence-electron chi connectivity index (χ3n) is 4.52. The highest BCUT2D eigenvalue weighted by Gasteiger charge is 2.18. The summed E-state index contributed by atoms with van der Waals surface area (Å²) in [6, 6.07) is 15.8. The third kappa shape index (κ3) is 1.84. The molecule has 0 amide bonds. The molecular formula is C20H18. The summed E-state index contributed by atoms with van der Waals surface area (Å²) in [5, 5.41) is 0. The lowest BCUT2D eigenvalue weighted by Gasteiger charge is -2.13. The molecule has 0 saturated carbocycles. The van der Waals surface area contributed by atoms with Gasteiger partial charge in [-0.25, -0.2) is 0 Å². The zero-order valence-corrected chi connectivity index (χ0v) is 11.8. The van der Waals surface area contributed by atoms with Gasteiger partial charge in [0.15, 0.2) is 0 Å². The van der Waals surface area contributed by atoms with Gasteiger partial charge in [-0.2, -0.15) is 0 Å². The Morgan fingerprint density at radius 3 is 2.50 bits per heavy atom. The zero-order valence-electron chi connectivity index (χ0n) is 11.8. The molecule has 0 aromatic heterocycles. The van der Waals surface area contributed by atoms with E-state index in [2.05, 4.69) is 61.5 Å². The van der Waals surface area contributed by atoms with E-state index in [1.54, 1.807) is 0 Å². The average molecular weight is 258 g/mol. The first-order valence-electron chi connectivity index (χ1n) is 7.39. The van der Waals surface area contributed by atoms with Crippen LogP contribution in [0.25, 0.3) is 16.7 Å². The second-order valence-electron chi connectivity index (χ2n) is 5.91. The monoisotopic (exact) mass is 258 g/mol. The fourth-order valence-corrected chi connectivity index (χ4v) is 3.33. The van der Waals surface area contributed by atoms with Crippen molar-refractivity contribution in [3.63, 3.8) is 0 Å². The molecule has 0 N–H and O–H groups in total. The van der Waals surface area contributed by atoms with E-state index in [9.17, 15) is 0 Å². The summed E-state index contributed by atoms with van der Waals surface area (Å²) in [5.74, 6) is 0. The Labute approximate surface area is 120 Å². The van der Waals surface area contributed by atoms with Crippen LogP contribution >= 0.6 is 0 Å². The van der Waals surface area contributed by atoms with Gasteiger partial charge in [0.2, 0.25) is 0 Å². The van der Waals surface area contributed by atoms with Crippen LogP contribution in [0.3, 0.4) is 0 Å². The van der Waals surface area contributed by atoms with Crippen molar-refractivity contribution in [3.05, 3.63) is 76.9 Å². The maximum Gasteiger partial charge on any atom is -0.00132 e. The lowest BCUT2D eigenvalue weighted by molar-refractivity contribution is 0.976. The molecule has 20 heavy (non-hydrogen) atoms. The van der Waals surface area contributed by atoms with Crippen LogP contribution in [-0.4, -0.2) is 0 Å². The predicted octanol–water partition coefficient (Wildman–Crippen LogP) is 5.38. The highest BCUT2D eigenvalue weighted by Crippen LogP contribution is 2.38. The number of hydrogen-bond donors (Lipinski definition) is 0. The number of allylic oxidation sites excluding steroid dienone is 4. The minimum absolute atomic E-state index is 1.08. The topological polar surface area (TPSA) is 0 Å². The van der Waals surface area contributed by atoms with Crippen LogP contribution in [0.4, 0.5) is 0 Å². The molecular weight excluding hydrogens is 240 g/mol. The normalized spacial score (nSPS) is 16.2. The van der Waals surface area contributed by atoms with Crippen molar-refractivity contribution in [1.82, 2.24) is 0 Å². The van der Waals surface area contributed by atoms with Crippen molar-refractivity contribution in [1.29, 1.82) is 0 Å². The fraction of sp³-hybridized carbons (Fsp3) is 0.200. The summed E-state index contributed by atoms with van der Waals surface area (Å²) in [6.45, 7) is 2.21. The standard InChI is InChI=1S/C20H18/c1-14-6-8-15(9-7-14)16-10-11-20-18(12-16)13-17-4-2-3-5-19(17)20/h2-6,8,10-12H,7,9,13H2,1H3. The van der Waals surface area contributed by atoms with Gasteiger partial charge in [0.05, 0.1) is 0 Å².